The SMILES string of the molecule is CC1(C)Cc2nc(C3CCN(c4ncc(N5CCS(O)(O)CC5)cn4)CC3)c(C(F)c3ccc(C(F)(F)F)cc3)c(C3CCC(F)(F)CC3)c2C(O)C1. The zero-order valence-electron chi connectivity index (χ0n) is 29.9. The van der Waals surface area contributed by atoms with Gasteiger partial charge in [0.25, 0.3) is 0 Å². The lowest BCUT2D eigenvalue weighted by molar-refractivity contribution is -0.137. The average Bonchev–Trinajstić information content (AvgIpc) is 3.10. The Morgan fingerprint density at radius 1 is 0.849 bits per heavy atom. The van der Waals surface area contributed by atoms with Gasteiger partial charge in [-0.3, -0.25) is 14.1 Å². The summed E-state index contributed by atoms with van der Waals surface area (Å²) in [6.45, 7) is 6.07. The molecular formula is C38H47F6N5O3S. The maximum Gasteiger partial charge on any atom is 0.416 e. The smallest absolute Gasteiger partial charge is 0.388 e. The van der Waals surface area contributed by atoms with Gasteiger partial charge in [-0.1, -0.05) is 26.0 Å². The van der Waals surface area contributed by atoms with Crippen LogP contribution in [0.2, 0.25) is 0 Å². The molecule has 0 amide bonds. The zero-order chi connectivity index (χ0) is 37.9. The third-order valence-electron chi connectivity index (χ3n) is 11.6. The van der Waals surface area contributed by atoms with Gasteiger partial charge in [0.15, 0.2) is 6.17 Å². The van der Waals surface area contributed by atoms with E-state index in [-0.39, 0.29) is 48.1 Å². The van der Waals surface area contributed by atoms with E-state index < -0.39 is 46.4 Å². The van der Waals surface area contributed by atoms with Crippen LogP contribution in [0.4, 0.5) is 38.0 Å². The van der Waals surface area contributed by atoms with E-state index in [0.29, 0.717) is 91.8 Å². The van der Waals surface area contributed by atoms with E-state index >= 15 is 4.39 Å². The van der Waals surface area contributed by atoms with Crippen molar-refractivity contribution in [1.29, 1.82) is 0 Å². The maximum absolute atomic E-state index is 17.3. The first-order chi connectivity index (χ1) is 24.9. The third-order valence-corrected chi connectivity index (χ3v) is 13.3. The fourth-order valence-corrected chi connectivity index (χ4v) is 9.92. The minimum atomic E-state index is -4.60. The molecule has 3 fully saturated rings. The fourth-order valence-electron chi connectivity index (χ4n) is 8.69. The summed E-state index contributed by atoms with van der Waals surface area (Å²) in [5.74, 6) is -2.45. The summed E-state index contributed by atoms with van der Waals surface area (Å²) in [5.41, 5.74) is 1.92. The molecule has 2 atom stereocenters. The number of aliphatic hydroxyl groups excluding tert-OH is 1. The molecule has 53 heavy (non-hydrogen) atoms. The summed E-state index contributed by atoms with van der Waals surface area (Å²) in [6.07, 6.45) is -2.62. The molecule has 15 heteroatoms. The number of pyridine rings is 1. The van der Waals surface area contributed by atoms with Crippen LogP contribution in [0.5, 0.6) is 0 Å². The van der Waals surface area contributed by atoms with Crippen LogP contribution in [-0.2, 0) is 12.6 Å². The van der Waals surface area contributed by atoms with Crippen molar-refractivity contribution in [3.63, 3.8) is 0 Å². The van der Waals surface area contributed by atoms with E-state index in [1.165, 1.54) is 0 Å². The average molecular weight is 768 g/mol. The van der Waals surface area contributed by atoms with Crippen molar-refractivity contribution < 1.29 is 40.6 Å². The first-order valence-corrected chi connectivity index (χ1v) is 20.3. The van der Waals surface area contributed by atoms with Crippen molar-refractivity contribution in [2.24, 2.45) is 5.41 Å². The van der Waals surface area contributed by atoms with Crippen LogP contribution in [-0.4, -0.2) is 72.8 Å². The molecule has 3 N–H and O–H groups in total. The van der Waals surface area contributed by atoms with Gasteiger partial charge in [-0.2, -0.15) is 23.8 Å². The van der Waals surface area contributed by atoms with Crippen LogP contribution in [0.25, 0.3) is 0 Å². The zero-order valence-corrected chi connectivity index (χ0v) is 30.7. The number of halogens is 6. The van der Waals surface area contributed by atoms with Crippen LogP contribution >= 0.6 is 10.6 Å². The van der Waals surface area contributed by atoms with E-state index in [2.05, 4.69) is 9.97 Å². The Balaban J connectivity index is 1.23. The van der Waals surface area contributed by atoms with Gasteiger partial charge < -0.3 is 14.9 Å². The molecule has 290 valence electrons. The molecular weight excluding hydrogens is 721 g/mol. The van der Waals surface area contributed by atoms with E-state index in [4.69, 9.17) is 4.98 Å². The van der Waals surface area contributed by atoms with Crippen LogP contribution in [0.3, 0.4) is 0 Å². The Bertz CT molecular complexity index is 1760. The second kappa shape index (κ2) is 14.2. The van der Waals surface area contributed by atoms with Crippen molar-refractivity contribution in [1.82, 2.24) is 15.0 Å². The fraction of sp³-hybridized carbons (Fsp3) is 0.605. The Morgan fingerprint density at radius 3 is 2.04 bits per heavy atom. The predicted octanol–water partition coefficient (Wildman–Crippen LogP) is 9.20. The molecule has 7 rings (SSSR count). The van der Waals surface area contributed by atoms with Gasteiger partial charge in [-0.25, -0.2) is 23.1 Å². The van der Waals surface area contributed by atoms with Crippen molar-refractivity contribution in [3.05, 3.63) is 75.9 Å². The summed E-state index contributed by atoms with van der Waals surface area (Å²) >= 11 is 0. The van der Waals surface area contributed by atoms with Gasteiger partial charge in [0.2, 0.25) is 11.9 Å². The molecule has 2 aromatic heterocycles. The Morgan fingerprint density at radius 2 is 1.45 bits per heavy atom. The second-order valence-corrected chi connectivity index (χ2v) is 18.5. The van der Waals surface area contributed by atoms with Crippen molar-refractivity contribution in [3.8, 4) is 0 Å². The van der Waals surface area contributed by atoms with Gasteiger partial charge in [-0.15, -0.1) is 0 Å². The molecule has 3 aromatic rings. The number of alkyl halides is 6. The lowest BCUT2D eigenvalue weighted by Gasteiger charge is -2.41. The highest BCUT2D eigenvalue weighted by atomic mass is 32.3. The number of benzene rings is 1. The molecule has 2 aliphatic carbocycles. The van der Waals surface area contributed by atoms with Gasteiger partial charge in [0.1, 0.15) is 0 Å². The molecule has 2 saturated heterocycles. The molecule has 4 aliphatic rings. The highest BCUT2D eigenvalue weighted by molar-refractivity contribution is 8.24. The number of rotatable bonds is 6. The summed E-state index contributed by atoms with van der Waals surface area (Å²) in [4.78, 5) is 18.4. The van der Waals surface area contributed by atoms with Gasteiger partial charge in [0.05, 0.1) is 46.9 Å². The minimum absolute atomic E-state index is 0.0127. The van der Waals surface area contributed by atoms with Gasteiger partial charge >= 0.3 is 6.18 Å². The number of anilines is 2. The number of hydrogen-bond donors (Lipinski definition) is 3. The first-order valence-electron chi connectivity index (χ1n) is 18.4. The topological polar surface area (TPSA) is 106 Å². The predicted molar refractivity (Wildman–Crippen MR) is 193 cm³/mol. The second-order valence-electron chi connectivity index (χ2n) is 16.1. The van der Waals surface area contributed by atoms with E-state index in [9.17, 15) is 36.2 Å². The van der Waals surface area contributed by atoms with Crippen molar-refractivity contribution in [2.75, 3.05) is 47.5 Å². The number of fused-ring (bicyclic) bond motifs is 1. The molecule has 0 bridgehead atoms. The summed E-state index contributed by atoms with van der Waals surface area (Å²) in [5, 5.41) is 11.6. The van der Waals surface area contributed by atoms with Gasteiger partial charge in [0, 0.05) is 61.8 Å². The number of aromatic nitrogens is 3. The maximum atomic E-state index is 17.3. The largest absolute Gasteiger partial charge is 0.416 e. The van der Waals surface area contributed by atoms with Crippen LogP contribution in [0.1, 0.15) is 122 Å². The van der Waals surface area contributed by atoms with E-state index in [0.717, 1.165) is 30.0 Å². The summed E-state index contributed by atoms with van der Waals surface area (Å²) in [7, 11) is -2.54. The Labute approximate surface area is 307 Å². The molecule has 8 nitrogen and oxygen atoms in total. The summed E-state index contributed by atoms with van der Waals surface area (Å²) in [6, 6.07) is 3.98. The standard InChI is InChI=1S/C38H47F6N5O3S/c1-36(2)19-28-31(29(50)20-36)30(23-7-11-37(40,41)12-8-23)32(33(39)24-3-5-26(6-4-24)38(42,43)44)34(47-28)25-9-13-49(14-10-25)35-45-21-27(22-46-35)48-15-17-53(51,52)18-16-48/h3-6,21-23,25,29,33,50-52H,7-20H2,1-2H3. The lowest BCUT2D eigenvalue weighted by atomic mass is 9.68. The molecule has 2 unspecified atom stereocenters. The molecule has 2 aliphatic heterocycles. The molecule has 0 radical (unpaired) electrons. The van der Waals surface area contributed by atoms with E-state index in [1.54, 1.807) is 12.4 Å². The van der Waals surface area contributed by atoms with Crippen LogP contribution < -0.4 is 9.80 Å². The molecule has 1 saturated carbocycles. The Hall–Kier alpha value is -3.14. The number of hydrogen-bond acceptors (Lipinski definition) is 8. The summed E-state index contributed by atoms with van der Waals surface area (Å²) < 4.78 is 107. The number of nitrogens with zero attached hydrogens (tertiary/aromatic N) is 5. The normalized spacial score (nSPS) is 24.8. The molecule has 4 heterocycles. The number of piperidine rings is 1. The third kappa shape index (κ3) is 8.13. The highest BCUT2D eigenvalue weighted by Crippen LogP contribution is 2.52. The van der Waals surface area contributed by atoms with Crippen molar-refractivity contribution >= 4 is 22.2 Å². The Kier molecular flexibility index (Phi) is 10.2. The lowest BCUT2D eigenvalue weighted by Crippen LogP contribution is -2.38. The van der Waals surface area contributed by atoms with Crippen molar-refractivity contribution in [2.45, 2.75) is 101 Å². The molecule has 0 spiro atoms. The number of aliphatic hydroxyl groups is 1. The first kappa shape index (κ1) is 38.1. The quantitative estimate of drug-likeness (QED) is 0.214. The van der Waals surface area contributed by atoms with Crippen LogP contribution in [0, 0.1) is 5.41 Å². The highest BCUT2D eigenvalue weighted by Gasteiger charge is 2.44. The minimum Gasteiger partial charge on any atom is -0.388 e. The van der Waals surface area contributed by atoms with E-state index in [1.807, 2.05) is 23.6 Å². The van der Waals surface area contributed by atoms with Gasteiger partial charge in [-0.05, 0) is 73.1 Å². The molecule has 1 aromatic carbocycles. The van der Waals surface area contributed by atoms with Crippen LogP contribution in [0.15, 0.2) is 36.7 Å². The monoisotopic (exact) mass is 767 g/mol.